The number of anilines is 1. The molecule has 1 N–H and O–H groups in total. The van der Waals surface area contributed by atoms with Crippen LogP contribution in [0.4, 0.5) is 5.69 Å². The minimum Gasteiger partial charge on any atom is -0.324 e. The Morgan fingerprint density at radius 3 is 2.17 bits per heavy atom. The summed E-state index contributed by atoms with van der Waals surface area (Å²) in [6, 6.07) is 14.6. The van der Waals surface area contributed by atoms with Gasteiger partial charge in [-0.25, -0.2) is 8.42 Å². The molecule has 24 heavy (non-hydrogen) atoms. The van der Waals surface area contributed by atoms with Crippen molar-refractivity contribution in [3.05, 3.63) is 65.2 Å². The topological polar surface area (TPSA) is 66.5 Å². The van der Waals surface area contributed by atoms with Crippen LogP contribution >= 0.6 is 0 Å². The van der Waals surface area contributed by atoms with Crippen LogP contribution in [0.25, 0.3) is 0 Å². The summed E-state index contributed by atoms with van der Waals surface area (Å²) in [7, 11) is -2.13. The van der Waals surface area contributed by atoms with Gasteiger partial charge in [0.1, 0.15) is 0 Å². The summed E-state index contributed by atoms with van der Waals surface area (Å²) in [5.74, 6) is -0.479. The van der Waals surface area contributed by atoms with Crippen LogP contribution in [-0.4, -0.2) is 32.2 Å². The molecule has 0 aromatic heterocycles. The zero-order valence-corrected chi connectivity index (χ0v) is 14.9. The van der Waals surface area contributed by atoms with E-state index >= 15 is 0 Å². The highest BCUT2D eigenvalue weighted by atomic mass is 32.2. The van der Waals surface area contributed by atoms with Gasteiger partial charge in [-0.3, -0.25) is 4.79 Å². The van der Waals surface area contributed by atoms with Crippen molar-refractivity contribution in [3.63, 3.8) is 0 Å². The second-order valence-electron chi connectivity index (χ2n) is 5.81. The van der Waals surface area contributed by atoms with Crippen LogP contribution < -0.4 is 5.32 Å². The SMILES string of the molecule is Cc1cccc(C)c1NC(=O)CN(C)S(=O)(=O)Cc1ccccc1. The van der Waals surface area contributed by atoms with E-state index in [2.05, 4.69) is 5.32 Å². The van der Waals surface area contributed by atoms with E-state index < -0.39 is 10.0 Å². The number of para-hydroxylation sites is 1. The lowest BCUT2D eigenvalue weighted by molar-refractivity contribution is -0.116. The van der Waals surface area contributed by atoms with Gasteiger partial charge in [0.25, 0.3) is 0 Å². The second kappa shape index (κ2) is 7.59. The van der Waals surface area contributed by atoms with E-state index in [1.54, 1.807) is 24.3 Å². The molecule has 0 spiro atoms. The van der Waals surface area contributed by atoms with E-state index in [0.717, 1.165) is 21.1 Å². The molecule has 0 aliphatic rings. The van der Waals surface area contributed by atoms with Crippen LogP contribution in [0.5, 0.6) is 0 Å². The predicted molar refractivity (Wildman–Crippen MR) is 96.2 cm³/mol. The predicted octanol–water partition coefficient (Wildman–Crippen LogP) is 2.70. The third-order valence-electron chi connectivity index (χ3n) is 3.78. The maximum Gasteiger partial charge on any atom is 0.239 e. The molecule has 2 aromatic carbocycles. The molecule has 5 nitrogen and oxygen atoms in total. The molecule has 128 valence electrons. The summed E-state index contributed by atoms with van der Waals surface area (Å²) in [6.07, 6.45) is 0. The number of nitrogens with zero attached hydrogens (tertiary/aromatic N) is 1. The van der Waals surface area contributed by atoms with Crippen LogP contribution in [0.3, 0.4) is 0 Å². The first kappa shape index (κ1) is 18.2. The summed E-state index contributed by atoms with van der Waals surface area (Å²) in [4.78, 5) is 12.2. The maximum atomic E-state index is 12.4. The summed E-state index contributed by atoms with van der Waals surface area (Å²) >= 11 is 0. The number of likely N-dealkylation sites (N-methyl/N-ethyl adjacent to an activating group) is 1. The number of amides is 1. The van der Waals surface area contributed by atoms with Crippen LogP contribution in [0.1, 0.15) is 16.7 Å². The van der Waals surface area contributed by atoms with Crippen molar-refractivity contribution in [2.24, 2.45) is 0 Å². The molecule has 0 aliphatic heterocycles. The van der Waals surface area contributed by atoms with E-state index in [9.17, 15) is 13.2 Å². The number of benzene rings is 2. The molecule has 0 radical (unpaired) electrons. The van der Waals surface area contributed by atoms with E-state index in [1.165, 1.54) is 7.05 Å². The standard InChI is InChI=1S/C18H22N2O3S/c1-14-8-7-9-15(2)18(14)19-17(21)12-20(3)24(22,23)13-16-10-5-4-6-11-16/h4-11H,12-13H2,1-3H3,(H,19,21). The van der Waals surface area contributed by atoms with Crippen molar-refractivity contribution in [1.29, 1.82) is 0 Å². The molecule has 0 unspecified atom stereocenters. The maximum absolute atomic E-state index is 12.4. The fourth-order valence-electron chi connectivity index (χ4n) is 2.39. The lowest BCUT2D eigenvalue weighted by atomic mass is 10.1. The first-order chi connectivity index (χ1) is 11.3. The van der Waals surface area contributed by atoms with Gasteiger partial charge in [0.2, 0.25) is 15.9 Å². The van der Waals surface area contributed by atoms with Gasteiger partial charge in [0, 0.05) is 12.7 Å². The summed E-state index contributed by atoms with van der Waals surface area (Å²) in [6.45, 7) is 3.58. The van der Waals surface area contributed by atoms with E-state index in [4.69, 9.17) is 0 Å². The molecule has 6 heteroatoms. The molecule has 1 amide bonds. The molecule has 2 aromatic rings. The quantitative estimate of drug-likeness (QED) is 0.874. The molecule has 0 saturated heterocycles. The minimum atomic E-state index is -3.55. The van der Waals surface area contributed by atoms with Crippen molar-refractivity contribution in [2.45, 2.75) is 19.6 Å². The van der Waals surface area contributed by atoms with Crippen LogP contribution in [0.15, 0.2) is 48.5 Å². The average Bonchev–Trinajstić information content (AvgIpc) is 2.51. The Morgan fingerprint density at radius 1 is 1.00 bits per heavy atom. The lowest BCUT2D eigenvalue weighted by Gasteiger charge is -2.18. The normalized spacial score (nSPS) is 11.5. The number of carbonyl (C=O) groups is 1. The minimum absolute atomic E-state index is 0.124. The highest BCUT2D eigenvalue weighted by Gasteiger charge is 2.21. The van der Waals surface area contributed by atoms with Gasteiger partial charge in [-0.15, -0.1) is 0 Å². The fraction of sp³-hybridized carbons (Fsp3) is 0.278. The molecule has 2 rings (SSSR count). The summed E-state index contributed by atoms with van der Waals surface area (Å²) in [5.41, 5.74) is 3.31. The smallest absolute Gasteiger partial charge is 0.239 e. The molecular formula is C18H22N2O3S. The molecule has 0 atom stereocenters. The monoisotopic (exact) mass is 346 g/mol. The van der Waals surface area contributed by atoms with Gasteiger partial charge in [0.15, 0.2) is 0 Å². The number of nitrogens with one attached hydrogen (secondary N) is 1. The Kier molecular flexibility index (Phi) is 5.75. The highest BCUT2D eigenvalue weighted by Crippen LogP contribution is 2.19. The molecular weight excluding hydrogens is 324 g/mol. The largest absolute Gasteiger partial charge is 0.324 e. The number of rotatable bonds is 6. The summed E-state index contributed by atoms with van der Waals surface area (Å²) < 4.78 is 25.8. The van der Waals surface area contributed by atoms with Crippen molar-refractivity contribution < 1.29 is 13.2 Å². The van der Waals surface area contributed by atoms with E-state index in [-0.39, 0.29) is 18.2 Å². The van der Waals surface area contributed by atoms with Gasteiger partial charge in [-0.1, -0.05) is 48.5 Å². The number of hydrogen-bond acceptors (Lipinski definition) is 3. The van der Waals surface area contributed by atoms with Gasteiger partial charge in [-0.2, -0.15) is 4.31 Å². The van der Waals surface area contributed by atoms with Crippen molar-refractivity contribution in [2.75, 3.05) is 18.9 Å². The van der Waals surface area contributed by atoms with Gasteiger partial charge in [0.05, 0.1) is 12.3 Å². The Labute approximate surface area is 143 Å². The van der Waals surface area contributed by atoms with Crippen LogP contribution in [-0.2, 0) is 20.6 Å². The van der Waals surface area contributed by atoms with Crippen molar-refractivity contribution >= 4 is 21.6 Å². The van der Waals surface area contributed by atoms with Crippen LogP contribution in [0.2, 0.25) is 0 Å². The number of sulfonamides is 1. The lowest BCUT2D eigenvalue weighted by Crippen LogP contribution is -2.35. The Hall–Kier alpha value is -2.18. The Morgan fingerprint density at radius 2 is 1.58 bits per heavy atom. The fourth-order valence-corrected chi connectivity index (χ4v) is 3.53. The zero-order chi connectivity index (χ0) is 17.7. The number of carbonyl (C=O) groups excluding carboxylic acids is 1. The highest BCUT2D eigenvalue weighted by molar-refractivity contribution is 7.88. The third-order valence-corrected chi connectivity index (χ3v) is 5.56. The summed E-state index contributed by atoms with van der Waals surface area (Å²) in [5, 5.41) is 2.80. The third kappa shape index (κ3) is 4.66. The first-order valence-corrected chi connectivity index (χ1v) is 9.24. The molecule has 0 fully saturated rings. The number of aryl methyl sites for hydroxylation is 2. The molecule has 0 aliphatic carbocycles. The van der Waals surface area contributed by atoms with Gasteiger partial charge in [-0.05, 0) is 30.5 Å². The molecule has 0 saturated carbocycles. The van der Waals surface area contributed by atoms with E-state index in [1.807, 2.05) is 38.1 Å². The zero-order valence-electron chi connectivity index (χ0n) is 14.1. The number of hydrogen-bond donors (Lipinski definition) is 1. The average molecular weight is 346 g/mol. The van der Waals surface area contributed by atoms with Crippen molar-refractivity contribution in [3.8, 4) is 0 Å². The van der Waals surface area contributed by atoms with Gasteiger partial charge < -0.3 is 5.32 Å². The van der Waals surface area contributed by atoms with E-state index in [0.29, 0.717) is 5.56 Å². The Bertz CT molecular complexity index is 797. The second-order valence-corrected chi connectivity index (χ2v) is 7.89. The molecule has 0 heterocycles. The van der Waals surface area contributed by atoms with Crippen molar-refractivity contribution in [1.82, 2.24) is 4.31 Å². The Balaban J connectivity index is 2.03. The first-order valence-electron chi connectivity index (χ1n) is 7.63. The van der Waals surface area contributed by atoms with Gasteiger partial charge >= 0.3 is 0 Å². The molecule has 0 bridgehead atoms. The van der Waals surface area contributed by atoms with Crippen LogP contribution in [0, 0.1) is 13.8 Å².